The molecule has 0 radical (unpaired) electrons. The maximum atomic E-state index is 12.5. The van der Waals surface area contributed by atoms with Crippen LogP contribution in [0.2, 0.25) is 0 Å². The number of nitrogens with zero attached hydrogens (tertiary/aromatic N) is 3. The van der Waals surface area contributed by atoms with Crippen LogP contribution in [0.3, 0.4) is 0 Å². The minimum Gasteiger partial charge on any atom is -0.295 e. The zero-order valence-corrected chi connectivity index (χ0v) is 16.3. The second-order valence-electron chi connectivity index (χ2n) is 7.18. The molecule has 0 spiro atoms. The number of anilines is 1. The van der Waals surface area contributed by atoms with Gasteiger partial charge in [-0.2, -0.15) is 0 Å². The van der Waals surface area contributed by atoms with Gasteiger partial charge in [0.2, 0.25) is 5.91 Å². The molecule has 1 aliphatic rings. The van der Waals surface area contributed by atoms with Gasteiger partial charge < -0.3 is 0 Å². The van der Waals surface area contributed by atoms with Crippen LogP contribution in [0.5, 0.6) is 0 Å². The molecule has 1 amide bonds. The maximum Gasteiger partial charge on any atom is 0.242 e. The fourth-order valence-corrected chi connectivity index (χ4v) is 4.29. The summed E-state index contributed by atoms with van der Waals surface area (Å²) in [6.45, 7) is 4.61. The van der Waals surface area contributed by atoms with Crippen LogP contribution in [0.1, 0.15) is 42.3 Å². The molecule has 1 aromatic carbocycles. The minimum atomic E-state index is 0.0990. The maximum absolute atomic E-state index is 12.5. The minimum absolute atomic E-state index is 0.0990. The number of likely N-dealkylation sites (N-methyl/N-ethyl adjacent to an activating group) is 2. The second-order valence-corrected chi connectivity index (χ2v) is 8.24. The zero-order valence-electron chi connectivity index (χ0n) is 15.5. The second kappa shape index (κ2) is 7.67. The molecule has 0 N–H and O–H groups in total. The van der Waals surface area contributed by atoms with E-state index in [1.807, 2.05) is 14.1 Å². The summed E-state index contributed by atoms with van der Waals surface area (Å²) in [6, 6.07) is 11.1. The van der Waals surface area contributed by atoms with Gasteiger partial charge in [0.05, 0.1) is 12.2 Å². The highest BCUT2D eigenvalue weighted by Crippen LogP contribution is 2.37. The molecule has 1 unspecified atom stereocenters. The molecule has 2 aromatic rings. The van der Waals surface area contributed by atoms with E-state index in [9.17, 15) is 4.79 Å². The number of carbonyl (C=O) groups excluding carboxylic acids is 1. The van der Waals surface area contributed by atoms with E-state index in [0.717, 1.165) is 24.4 Å². The summed E-state index contributed by atoms with van der Waals surface area (Å²) in [7, 11) is 3.82. The Labute approximate surface area is 154 Å². The molecule has 134 valence electrons. The van der Waals surface area contributed by atoms with Gasteiger partial charge in [0.1, 0.15) is 0 Å². The molecule has 0 saturated heterocycles. The summed E-state index contributed by atoms with van der Waals surface area (Å²) < 4.78 is 0. The molecule has 5 heteroatoms. The highest BCUT2D eigenvalue weighted by Gasteiger charge is 2.26. The van der Waals surface area contributed by atoms with Crippen LogP contribution < -0.4 is 4.90 Å². The third-order valence-electron chi connectivity index (χ3n) is 5.13. The number of hydrogen-bond donors (Lipinski definition) is 0. The lowest BCUT2D eigenvalue weighted by molar-refractivity contribution is -0.119. The molecule has 1 aromatic heterocycles. The molecule has 1 heterocycles. The third-order valence-corrected chi connectivity index (χ3v) is 6.32. The molecule has 25 heavy (non-hydrogen) atoms. The molecule has 3 rings (SSSR count). The van der Waals surface area contributed by atoms with E-state index < -0.39 is 0 Å². The van der Waals surface area contributed by atoms with Crippen LogP contribution in [0.4, 0.5) is 5.13 Å². The first-order valence-electron chi connectivity index (χ1n) is 8.96. The smallest absolute Gasteiger partial charge is 0.242 e. The number of thiazole rings is 1. The van der Waals surface area contributed by atoms with Crippen molar-refractivity contribution in [1.82, 2.24) is 9.88 Å². The molecule has 0 bridgehead atoms. The highest BCUT2D eigenvalue weighted by atomic mass is 32.1. The Hall–Kier alpha value is -1.72. The van der Waals surface area contributed by atoms with Gasteiger partial charge in [-0.25, -0.2) is 4.98 Å². The number of carbonyl (C=O) groups is 1. The zero-order chi connectivity index (χ0) is 18.0. The highest BCUT2D eigenvalue weighted by molar-refractivity contribution is 7.16. The summed E-state index contributed by atoms with van der Waals surface area (Å²) in [5.74, 6) is 0.664. The van der Waals surface area contributed by atoms with Crippen LogP contribution in [0.15, 0.2) is 30.3 Å². The van der Waals surface area contributed by atoms with Gasteiger partial charge in [0.25, 0.3) is 0 Å². The Morgan fingerprint density at radius 3 is 2.68 bits per heavy atom. The molecule has 0 aliphatic heterocycles. The number of hydrogen-bond acceptors (Lipinski definition) is 4. The lowest BCUT2D eigenvalue weighted by Crippen LogP contribution is -2.39. The first-order chi connectivity index (χ1) is 12.0. The van der Waals surface area contributed by atoms with E-state index in [2.05, 4.69) is 49.1 Å². The Morgan fingerprint density at radius 2 is 2.00 bits per heavy atom. The SMILES string of the molecule is CC(C)N(C)CC(=O)N(C)c1nc2c(s1)CC(c1ccccc1)CC2. The summed E-state index contributed by atoms with van der Waals surface area (Å²) in [4.78, 5) is 22.4. The van der Waals surface area contributed by atoms with Crippen molar-refractivity contribution in [2.45, 2.75) is 45.1 Å². The lowest BCUT2D eigenvalue weighted by Gasteiger charge is -2.23. The third kappa shape index (κ3) is 4.10. The van der Waals surface area contributed by atoms with Gasteiger partial charge in [-0.15, -0.1) is 11.3 Å². The van der Waals surface area contributed by atoms with E-state index in [1.54, 1.807) is 16.2 Å². The average molecular weight is 358 g/mol. The summed E-state index contributed by atoms with van der Waals surface area (Å²) in [6.07, 6.45) is 3.16. The monoisotopic (exact) mass is 357 g/mol. The van der Waals surface area contributed by atoms with Gasteiger partial charge in [-0.1, -0.05) is 30.3 Å². The lowest BCUT2D eigenvalue weighted by atomic mass is 9.85. The Bertz CT molecular complexity index is 726. The topological polar surface area (TPSA) is 36.4 Å². The van der Waals surface area contributed by atoms with Crippen LogP contribution in [-0.4, -0.2) is 42.5 Å². The first-order valence-corrected chi connectivity index (χ1v) is 9.77. The predicted octanol–water partition coefficient (Wildman–Crippen LogP) is 3.72. The molecule has 1 aliphatic carbocycles. The predicted molar refractivity (Wildman–Crippen MR) is 104 cm³/mol. The van der Waals surface area contributed by atoms with Crippen molar-refractivity contribution < 1.29 is 4.79 Å². The van der Waals surface area contributed by atoms with Crippen molar-refractivity contribution in [2.75, 3.05) is 25.5 Å². The van der Waals surface area contributed by atoms with E-state index >= 15 is 0 Å². The van der Waals surface area contributed by atoms with Crippen molar-refractivity contribution in [3.63, 3.8) is 0 Å². The normalized spacial score (nSPS) is 17.0. The van der Waals surface area contributed by atoms with Crippen molar-refractivity contribution in [3.8, 4) is 0 Å². The van der Waals surface area contributed by atoms with E-state index in [0.29, 0.717) is 18.5 Å². The number of aromatic nitrogens is 1. The molecular weight excluding hydrogens is 330 g/mol. The van der Waals surface area contributed by atoms with Crippen LogP contribution in [0.25, 0.3) is 0 Å². The molecule has 0 fully saturated rings. The van der Waals surface area contributed by atoms with Gasteiger partial charge in [0.15, 0.2) is 5.13 Å². The van der Waals surface area contributed by atoms with Crippen molar-refractivity contribution in [1.29, 1.82) is 0 Å². The standard InChI is InChI=1S/C20H27N3OS/c1-14(2)22(3)13-19(24)23(4)20-21-17-11-10-16(12-18(17)25-20)15-8-6-5-7-9-15/h5-9,14,16H,10-13H2,1-4H3. The number of amides is 1. The van der Waals surface area contributed by atoms with Crippen molar-refractivity contribution >= 4 is 22.4 Å². The van der Waals surface area contributed by atoms with Crippen molar-refractivity contribution in [2.24, 2.45) is 0 Å². The van der Waals surface area contributed by atoms with E-state index in [1.165, 1.54) is 16.1 Å². The molecule has 0 saturated carbocycles. The Balaban J connectivity index is 1.71. The van der Waals surface area contributed by atoms with Gasteiger partial charge >= 0.3 is 0 Å². The Kier molecular flexibility index (Phi) is 5.54. The summed E-state index contributed by atoms with van der Waals surface area (Å²) in [5, 5.41) is 0.834. The first kappa shape index (κ1) is 18.1. The van der Waals surface area contributed by atoms with Crippen LogP contribution >= 0.6 is 11.3 Å². The fourth-order valence-electron chi connectivity index (χ4n) is 3.12. The molecular formula is C20H27N3OS. The largest absolute Gasteiger partial charge is 0.295 e. The number of rotatable bonds is 5. The molecule has 4 nitrogen and oxygen atoms in total. The van der Waals surface area contributed by atoms with Crippen molar-refractivity contribution in [3.05, 3.63) is 46.5 Å². The average Bonchev–Trinajstić information content (AvgIpc) is 3.04. The van der Waals surface area contributed by atoms with Crippen LogP contribution in [-0.2, 0) is 17.6 Å². The number of benzene rings is 1. The van der Waals surface area contributed by atoms with E-state index in [-0.39, 0.29) is 5.91 Å². The van der Waals surface area contributed by atoms with Crippen LogP contribution in [0, 0.1) is 0 Å². The van der Waals surface area contributed by atoms with Gasteiger partial charge in [-0.3, -0.25) is 14.6 Å². The summed E-state index contributed by atoms with van der Waals surface area (Å²) >= 11 is 1.68. The van der Waals surface area contributed by atoms with Gasteiger partial charge in [0, 0.05) is 18.0 Å². The fraction of sp³-hybridized carbons (Fsp3) is 0.500. The number of fused-ring (bicyclic) bond motifs is 1. The summed E-state index contributed by atoms with van der Waals surface area (Å²) in [5.41, 5.74) is 2.59. The van der Waals surface area contributed by atoms with Gasteiger partial charge in [-0.05, 0) is 51.6 Å². The van der Waals surface area contributed by atoms with E-state index in [4.69, 9.17) is 4.98 Å². The Morgan fingerprint density at radius 1 is 1.28 bits per heavy atom. The number of aryl methyl sites for hydroxylation is 1. The quantitative estimate of drug-likeness (QED) is 0.818. The molecule has 1 atom stereocenters.